The van der Waals surface area contributed by atoms with Gasteiger partial charge in [-0.15, -0.1) is 11.8 Å². The van der Waals surface area contributed by atoms with Crippen LogP contribution in [0, 0.1) is 6.92 Å². The molecule has 0 aliphatic carbocycles. The summed E-state index contributed by atoms with van der Waals surface area (Å²) >= 11 is 1.66. The summed E-state index contributed by atoms with van der Waals surface area (Å²) in [5.74, 6) is 1.48. The summed E-state index contributed by atoms with van der Waals surface area (Å²) in [5.41, 5.74) is 5.04. The number of hydrogen-bond acceptors (Lipinski definition) is 3. The molecule has 132 valence electrons. The number of carbonyl (C=O) groups excluding carboxylic acids is 1. The van der Waals surface area contributed by atoms with E-state index in [0.717, 1.165) is 24.4 Å². The van der Waals surface area contributed by atoms with Crippen LogP contribution in [-0.4, -0.2) is 24.7 Å². The fraction of sp³-hybridized carbons (Fsp3) is 0.381. The van der Waals surface area contributed by atoms with Gasteiger partial charge < -0.3 is 10.2 Å². The van der Waals surface area contributed by atoms with Crippen LogP contribution in [0.3, 0.4) is 0 Å². The summed E-state index contributed by atoms with van der Waals surface area (Å²) < 4.78 is 0. The smallest absolute Gasteiger partial charge is 0.230 e. The molecule has 25 heavy (non-hydrogen) atoms. The molecule has 1 aliphatic rings. The molecule has 1 heterocycles. The molecule has 3 rings (SSSR count). The number of benzene rings is 2. The fourth-order valence-corrected chi connectivity index (χ4v) is 4.01. The highest BCUT2D eigenvalue weighted by Gasteiger charge is 2.11. The molecule has 1 aliphatic heterocycles. The molecule has 1 fully saturated rings. The molecule has 0 radical (unpaired) electrons. The van der Waals surface area contributed by atoms with E-state index in [1.165, 1.54) is 29.7 Å². The third-order valence-corrected chi connectivity index (χ3v) is 5.63. The number of amides is 1. The first-order chi connectivity index (χ1) is 12.2. The Hall–Kier alpha value is -1.94. The molecule has 4 heteroatoms. The standard InChI is InChI=1S/C21H26N2OS/c1-17-6-2-3-7-19(17)15-25-16-21(24)22-14-18-8-10-20(11-9-18)23-12-4-5-13-23/h2-3,6-11H,4-5,12-16H2,1H3,(H,22,24). The lowest BCUT2D eigenvalue weighted by Crippen LogP contribution is -2.24. The van der Waals surface area contributed by atoms with Crippen molar-refractivity contribution in [3.8, 4) is 0 Å². The normalized spacial score (nSPS) is 13.9. The SMILES string of the molecule is Cc1ccccc1CSCC(=O)NCc1ccc(N2CCCC2)cc1. The molecule has 1 saturated heterocycles. The topological polar surface area (TPSA) is 32.3 Å². The highest BCUT2D eigenvalue weighted by molar-refractivity contribution is 7.99. The maximum absolute atomic E-state index is 12.0. The first-order valence-electron chi connectivity index (χ1n) is 8.95. The highest BCUT2D eigenvalue weighted by Crippen LogP contribution is 2.20. The number of anilines is 1. The molecular weight excluding hydrogens is 328 g/mol. The minimum Gasteiger partial charge on any atom is -0.372 e. The highest BCUT2D eigenvalue weighted by atomic mass is 32.2. The summed E-state index contributed by atoms with van der Waals surface area (Å²) in [7, 11) is 0. The van der Waals surface area contributed by atoms with E-state index in [1.807, 2.05) is 6.07 Å². The second-order valence-corrected chi connectivity index (χ2v) is 7.54. The molecule has 0 spiro atoms. The van der Waals surface area contributed by atoms with Crippen LogP contribution in [0.4, 0.5) is 5.69 Å². The van der Waals surface area contributed by atoms with Gasteiger partial charge in [0.2, 0.25) is 5.91 Å². The van der Waals surface area contributed by atoms with E-state index in [-0.39, 0.29) is 5.91 Å². The van der Waals surface area contributed by atoms with Crippen molar-refractivity contribution in [2.75, 3.05) is 23.7 Å². The van der Waals surface area contributed by atoms with Crippen LogP contribution in [-0.2, 0) is 17.1 Å². The van der Waals surface area contributed by atoms with Crippen LogP contribution in [0.2, 0.25) is 0 Å². The van der Waals surface area contributed by atoms with Gasteiger partial charge in [0.05, 0.1) is 5.75 Å². The second-order valence-electron chi connectivity index (χ2n) is 6.56. The number of rotatable bonds is 7. The Balaban J connectivity index is 1.39. The fourth-order valence-electron chi connectivity index (χ4n) is 3.08. The van der Waals surface area contributed by atoms with E-state index in [9.17, 15) is 4.79 Å². The molecule has 2 aromatic rings. The summed E-state index contributed by atoms with van der Waals surface area (Å²) in [6.07, 6.45) is 2.58. The quantitative estimate of drug-likeness (QED) is 0.811. The third-order valence-electron chi connectivity index (χ3n) is 4.65. The Kier molecular flexibility index (Phi) is 6.40. The van der Waals surface area contributed by atoms with Gasteiger partial charge in [-0.1, -0.05) is 36.4 Å². The molecular formula is C21H26N2OS. The number of thioether (sulfide) groups is 1. The van der Waals surface area contributed by atoms with Crippen molar-refractivity contribution in [1.29, 1.82) is 0 Å². The van der Waals surface area contributed by atoms with Crippen LogP contribution >= 0.6 is 11.8 Å². The minimum absolute atomic E-state index is 0.0993. The summed E-state index contributed by atoms with van der Waals surface area (Å²) in [6.45, 7) is 5.04. The van der Waals surface area contributed by atoms with Gasteiger partial charge >= 0.3 is 0 Å². The molecule has 1 amide bonds. The van der Waals surface area contributed by atoms with Crippen LogP contribution in [0.5, 0.6) is 0 Å². The van der Waals surface area contributed by atoms with Gasteiger partial charge in [0, 0.05) is 31.1 Å². The van der Waals surface area contributed by atoms with Crippen molar-refractivity contribution < 1.29 is 4.79 Å². The largest absolute Gasteiger partial charge is 0.372 e. The van der Waals surface area contributed by atoms with E-state index < -0.39 is 0 Å². The van der Waals surface area contributed by atoms with Crippen LogP contribution in [0.1, 0.15) is 29.5 Å². The lowest BCUT2D eigenvalue weighted by molar-refractivity contribution is -0.118. The average molecular weight is 355 g/mol. The first kappa shape index (κ1) is 17.9. The monoisotopic (exact) mass is 354 g/mol. The van der Waals surface area contributed by atoms with E-state index in [0.29, 0.717) is 12.3 Å². The molecule has 0 bridgehead atoms. The molecule has 3 nitrogen and oxygen atoms in total. The Morgan fingerprint density at radius 3 is 2.52 bits per heavy atom. The maximum atomic E-state index is 12.0. The zero-order valence-corrected chi connectivity index (χ0v) is 15.6. The Morgan fingerprint density at radius 1 is 1.08 bits per heavy atom. The second kappa shape index (κ2) is 8.95. The summed E-state index contributed by atoms with van der Waals surface area (Å²) in [4.78, 5) is 14.4. The van der Waals surface area contributed by atoms with Crippen molar-refractivity contribution in [2.24, 2.45) is 0 Å². The van der Waals surface area contributed by atoms with E-state index in [1.54, 1.807) is 11.8 Å². The van der Waals surface area contributed by atoms with Gasteiger partial charge in [-0.2, -0.15) is 0 Å². The number of aryl methyl sites for hydroxylation is 1. The molecule has 1 N–H and O–H groups in total. The van der Waals surface area contributed by atoms with Crippen molar-refractivity contribution in [3.05, 3.63) is 65.2 Å². The summed E-state index contributed by atoms with van der Waals surface area (Å²) in [6, 6.07) is 16.9. The average Bonchev–Trinajstić information content (AvgIpc) is 3.17. The Morgan fingerprint density at radius 2 is 1.80 bits per heavy atom. The van der Waals surface area contributed by atoms with Gasteiger partial charge in [-0.05, 0) is 48.6 Å². The molecule has 0 aromatic heterocycles. The van der Waals surface area contributed by atoms with Crippen molar-refractivity contribution in [2.45, 2.75) is 32.1 Å². The van der Waals surface area contributed by atoms with Gasteiger partial charge in [-0.3, -0.25) is 4.79 Å². The lowest BCUT2D eigenvalue weighted by Gasteiger charge is -2.17. The molecule has 0 saturated carbocycles. The molecule has 0 atom stereocenters. The van der Waals surface area contributed by atoms with Crippen LogP contribution in [0.15, 0.2) is 48.5 Å². The van der Waals surface area contributed by atoms with Crippen molar-refractivity contribution in [1.82, 2.24) is 5.32 Å². The summed E-state index contributed by atoms with van der Waals surface area (Å²) in [5, 5.41) is 3.02. The Labute approximate surface area is 154 Å². The van der Waals surface area contributed by atoms with E-state index >= 15 is 0 Å². The first-order valence-corrected chi connectivity index (χ1v) is 10.1. The van der Waals surface area contributed by atoms with Gasteiger partial charge in [-0.25, -0.2) is 0 Å². The van der Waals surface area contributed by atoms with Crippen LogP contribution in [0.25, 0.3) is 0 Å². The van der Waals surface area contributed by atoms with Gasteiger partial charge in [0.15, 0.2) is 0 Å². The number of nitrogens with one attached hydrogen (secondary N) is 1. The van der Waals surface area contributed by atoms with Crippen molar-refractivity contribution >= 4 is 23.4 Å². The number of carbonyl (C=O) groups is 1. The zero-order chi connectivity index (χ0) is 17.5. The zero-order valence-electron chi connectivity index (χ0n) is 14.8. The maximum Gasteiger partial charge on any atom is 0.230 e. The molecule has 0 unspecified atom stereocenters. The van der Waals surface area contributed by atoms with Gasteiger partial charge in [0.25, 0.3) is 0 Å². The minimum atomic E-state index is 0.0993. The predicted molar refractivity (Wildman–Crippen MR) is 107 cm³/mol. The third kappa shape index (κ3) is 5.27. The Bertz CT molecular complexity index is 693. The number of nitrogens with zero attached hydrogens (tertiary/aromatic N) is 1. The molecule has 2 aromatic carbocycles. The lowest BCUT2D eigenvalue weighted by atomic mass is 10.1. The van der Waals surface area contributed by atoms with E-state index in [2.05, 4.69) is 59.6 Å². The predicted octanol–water partition coefficient (Wildman–Crippen LogP) is 4.14. The number of hydrogen-bond donors (Lipinski definition) is 1. The van der Waals surface area contributed by atoms with Gasteiger partial charge in [0.1, 0.15) is 0 Å². The van der Waals surface area contributed by atoms with E-state index in [4.69, 9.17) is 0 Å². The van der Waals surface area contributed by atoms with Crippen LogP contribution < -0.4 is 10.2 Å². The van der Waals surface area contributed by atoms with Crippen molar-refractivity contribution in [3.63, 3.8) is 0 Å².